The van der Waals surface area contributed by atoms with Gasteiger partial charge in [-0.2, -0.15) is 11.8 Å². The number of hydrogen-bond donors (Lipinski definition) is 1. The third-order valence-electron chi connectivity index (χ3n) is 2.18. The molecular formula is C12H17ClN2OS. The van der Waals surface area contributed by atoms with Crippen molar-refractivity contribution in [3.05, 3.63) is 28.5 Å². The summed E-state index contributed by atoms with van der Waals surface area (Å²) in [5, 5.41) is 3.36. The average Bonchev–Trinajstić information content (AvgIpc) is 2.26. The molecule has 0 spiro atoms. The molecule has 1 rings (SSSR count). The highest BCUT2D eigenvalue weighted by Crippen LogP contribution is 2.15. The minimum absolute atomic E-state index is 0.129. The fourth-order valence-electron chi connectivity index (χ4n) is 1.33. The molecule has 0 aliphatic carbocycles. The lowest BCUT2D eigenvalue weighted by Gasteiger charge is -2.13. The number of amides is 1. The number of nitrogens with one attached hydrogen (secondary N) is 1. The Morgan fingerprint density at radius 1 is 1.65 bits per heavy atom. The van der Waals surface area contributed by atoms with Gasteiger partial charge in [0.15, 0.2) is 0 Å². The topological polar surface area (TPSA) is 42.0 Å². The number of nitrogens with zero attached hydrogens (tertiary/aromatic N) is 1. The lowest BCUT2D eigenvalue weighted by atomic mass is 10.2. The van der Waals surface area contributed by atoms with Crippen molar-refractivity contribution in [2.45, 2.75) is 26.8 Å². The van der Waals surface area contributed by atoms with Crippen molar-refractivity contribution >= 4 is 29.3 Å². The normalized spacial score (nSPS) is 12.2. The zero-order valence-electron chi connectivity index (χ0n) is 10.3. The summed E-state index contributed by atoms with van der Waals surface area (Å²) in [6.07, 6.45) is 1.52. The van der Waals surface area contributed by atoms with Crippen LogP contribution in [-0.4, -0.2) is 28.4 Å². The van der Waals surface area contributed by atoms with Crippen molar-refractivity contribution in [1.29, 1.82) is 0 Å². The molecule has 0 aromatic carbocycles. The first kappa shape index (κ1) is 14.3. The number of halogens is 1. The molecule has 17 heavy (non-hydrogen) atoms. The van der Waals surface area contributed by atoms with Gasteiger partial charge in [0.25, 0.3) is 5.91 Å². The number of carbonyl (C=O) groups is 1. The van der Waals surface area contributed by atoms with Gasteiger partial charge in [0.2, 0.25) is 0 Å². The first-order valence-electron chi connectivity index (χ1n) is 5.55. The largest absolute Gasteiger partial charge is 0.349 e. The molecule has 0 radical (unpaired) electrons. The molecule has 0 aliphatic rings. The molecule has 1 aromatic rings. The first-order valence-corrected chi connectivity index (χ1v) is 7.08. The second kappa shape index (κ2) is 6.87. The number of carbonyl (C=O) groups excluding carboxylic acids is 1. The quantitative estimate of drug-likeness (QED) is 0.896. The number of rotatable bonds is 5. The molecule has 1 aromatic heterocycles. The van der Waals surface area contributed by atoms with E-state index in [0.29, 0.717) is 10.6 Å². The van der Waals surface area contributed by atoms with E-state index in [1.165, 1.54) is 6.20 Å². The minimum atomic E-state index is -0.160. The molecule has 1 atom stereocenters. The highest BCUT2D eigenvalue weighted by Gasteiger charge is 2.13. The predicted molar refractivity (Wildman–Crippen MR) is 73.9 cm³/mol. The maximum absolute atomic E-state index is 11.9. The summed E-state index contributed by atoms with van der Waals surface area (Å²) in [5.41, 5.74) is 1.24. The Bertz CT molecular complexity index is 398. The van der Waals surface area contributed by atoms with Gasteiger partial charge in [-0.3, -0.25) is 9.78 Å². The molecule has 1 heterocycles. The Labute approximate surface area is 111 Å². The molecular weight excluding hydrogens is 256 g/mol. The van der Waals surface area contributed by atoms with Gasteiger partial charge in [-0.05, 0) is 25.7 Å². The van der Waals surface area contributed by atoms with Gasteiger partial charge in [-0.15, -0.1) is 0 Å². The molecule has 94 valence electrons. The van der Waals surface area contributed by atoms with Crippen molar-refractivity contribution in [2.24, 2.45) is 0 Å². The van der Waals surface area contributed by atoms with Crippen LogP contribution in [-0.2, 0) is 0 Å². The lowest BCUT2D eigenvalue weighted by Crippen LogP contribution is -2.34. The smallest absolute Gasteiger partial charge is 0.254 e. The Kier molecular flexibility index (Phi) is 5.78. The van der Waals surface area contributed by atoms with Gasteiger partial charge < -0.3 is 5.32 Å². The van der Waals surface area contributed by atoms with E-state index in [0.717, 1.165) is 17.2 Å². The van der Waals surface area contributed by atoms with Gasteiger partial charge in [0, 0.05) is 23.7 Å². The van der Waals surface area contributed by atoms with Crippen molar-refractivity contribution in [3.8, 4) is 0 Å². The predicted octanol–water partition coefficient (Wildman–Crippen LogP) is 2.91. The summed E-state index contributed by atoms with van der Waals surface area (Å²) in [5.74, 6) is 1.79. The molecule has 0 fully saturated rings. The average molecular weight is 273 g/mol. The van der Waals surface area contributed by atoms with Crippen LogP contribution in [0, 0.1) is 6.92 Å². The van der Waals surface area contributed by atoms with E-state index in [1.54, 1.807) is 17.8 Å². The number of aromatic nitrogens is 1. The molecule has 3 nitrogen and oxygen atoms in total. The van der Waals surface area contributed by atoms with Crippen LogP contribution in [0.3, 0.4) is 0 Å². The van der Waals surface area contributed by atoms with E-state index in [4.69, 9.17) is 11.6 Å². The van der Waals surface area contributed by atoms with Crippen molar-refractivity contribution in [2.75, 3.05) is 11.5 Å². The summed E-state index contributed by atoms with van der Waals surface area (Å²) >= 11 is 7.80. The van der Waals surface area contributed by atoms with Crippen molar-refractivity contribution in [1.82, 2.24) is 10.3 Å². The maximum Gasteiger partial charge on any atom is 0.254 e. The standard InChI is InChI=1S/C12H17ClN2OS/c1-4-17-7-9(3)15-12(16)10-6-14-8(2)5-11(10)13/h5-6,9H,4,7H2,1-3H3,(H,15,16). The van der Waals surface area contributed by atoms with E-state index in [1.807, 2.05) is 13.8 Å². The zero-order chi connectivity index (χ0) is 12.8. The SMILES string of the molecule is CCSCC(C)NC(=O)c1cnc(C)cc1Cl. The summed E-state index contributed by atoms with van der Waals surface area (Å²) in [4.78, 5) is 16.0. The minimum Gasteiger partial charge on any atom is -0.349 e. The molecule has 0 aliphatic heterocycles. The first-order chi connectivity index (χ1) is 8.04. The van der Waals surface area contributed by atoms with Crippen LogP contribution < -0.4 is 5.32 Å². The third-order valence-corrected chi connectivity index (χ3v) is 3.64. The van der Waals surface area contributed by atoms with Crippen molar-refractivity contribution in [3.63, 3.8) is 0 Å². The fraction of sp³-hybridized carbons (Fsp3) is 0.500. The van der Waals surface area contributed by atoms with Crippen molar-refractivity contribution < 1.29 is 4.79 Å². The van der Waals surface area contributed by atoms with Crippen LogP contribution >= 0.6 is 23.4 Å². The van der Waals surface area contributed by atoms with Crippen LogP contribution in [0.4, 0.5) is 0 Å². The number of hydrogen-bond acceptors (Lipinski definition) is 3. The molecule has 0 bridgehead atoms. The fourth-order valence-corrected chi connectivity index (χ4v) is 2.30. The number of aryl methyl sites for hydroxylation is 1. The summed E-state index contributed by atoms with van der Waals surface area (Å²) in [6, 6.07) is 1.83. The summed E-state index contributed by atoms with van der Waals surface area (Å²) in [7, 11) is 0. The van der Waals surface area contributed by atoms with E-state index >= 15 is 0 Å². The molecule has 5 heteroatoms. The highest BCUT2D eigenvalue weighted by atomic mass is 35.5. The van der Waals surface area contributed by atoms with Crippen LogP contribution in [0.15, 0.2) is 12.3 Å². The molecule has 1 unspecified atom stereocenters. The summed E-state index contributed by atoms with van der Waals surface area (Å²) < 4.78 is 0. The molecule has 0 saturated carbocycles. The highest BCUT2D eigenvalue weighted by molar-refractivity contribution is 7.99. The van der Waals surface area contributed by atoms with E-state index in [9.17, 15) is 4.79 Å². The van der Waals surface area contributed by atoms with E-state index in [2.05, 4.69) is 17.2 Å². The van der Waals surface area contributed by atoms with Gasteiger partial charge in [0.05, 0.1) is 10.6 Å². The monoisotopic (exact) mass is 272 g/mol. The number of thioether (sulfide) groups is 1. The molecule has 0 saturated heterocycles. The Hall–Kier alpha value is -0.740. The molecule has 1 amide bonds. The Balaban J connectivity index is 2.63. The maximum atomic E-state index is 11.9. The van der Waals surface area contributed by atoms with Gasteiger partial charge >= 0.3 is 0 Å². The van der Waals surface area contributed by atoms with Gasteiger partial charge in [0.1, 0.15) is 0 Å². The van der Waals surface area contributed by atoms with Crippen LogP contribution in [0.5, 0.6) is 0 Å². The lowest BCUT2D eigenvalue weighted by molar-refractivity contribution is 0.0943. The van der Waals surface area contributed by atoms with Crippen LogP contribution in [0.1, 0.15) is 29.9 Å². The Morgan fingerprint density at radius 2 is 2.35 bits per heavy atom. The van der Waals surface area contributed by atoms with Gasteiger partial charge in [-0.1, -0.05) is 18.5 Å². The summed E-state index contributed by atoms with van der Waals surface area (Å²) in [6.45, 7) is 5.92. The van der Waals surface area contributed by atoms with Crippen LogP contribution in [0.2, 0.25) is 5.02 Å². The second-order valence-corrected chi connectivity index (χ2v) is 5.57. The van der Waals surface area contributed by atoms with E-state index in [-0.39, 0.29) is 11.9 Å². The third kappa shape index (κ3) is 4.56. The number of pyridine rings is 1. The van der Waals surface area contributed by atoms with Crippen LogP contribution in [0.25, 0.3) is 0 Å². The molecule has 1 N–H and O–H groups in total. The zero-order valence-corrected chi connectivity index (χ0v) is 11.9. The Morgan fingerprint density at radius 3 is 2.94 bits per heavy atom. The second-order valence-electron chi connectivity index (χ2n) is 3.84. The van der Waals surface area contributed by atoms with E-state index < -0.39 is 0 Å². The van der Waals surface area contributed by atoms with Gasteiger partial charge in [-0.25, -0.2) is 0 Å².